The molecule has 2 unspecified atom stereocenters. The third kappa shape index (κ3) is 3.19. The van der Waals surface area contributed by atoms with E-state index in [9.17, 15) is 13.2 Å². The highest BCUT2D eigenvalue weighted by Gasteiger charge is 2.39. The third-order valence-corrected chi connectivity index (χ3v) is 5.75. The highest BCUT2D eigenvalue weighted by atomic mass is 32.2. The van der Waals surface area contributed by atoms with Crippen LogP contribution in [-0.2, 0) is 14.8 Å². The fourth-order valence-corrected chi connectivity index (χ4v) is 4.62. The number of hydrogen-bond donors (Lipinski definition) is 1. The van der Waals surface area contributed by atoms with Gasteiger partial charge in [0.2, 0.25) is 10.0 Å². The minimum absolute atomic E-state index is 0.0548. The predicted molar refractivity (Wildman–Crippen MR) is 76.0 cm³/mol. The molecule has 1 aliphatic rings. The Bertz CT molecular complexity index is 570. The maximum absolute atomic E-state index is 12.4. The zero-order valence-electron chi connectivity index (χ0n) is 11.4. The molecule has 2 atom stereocenters. The van der Waals surface area contributed by atoms with E-state index in [4.69, 9.17) is 5.11 Å². The van der Waals surface area contributed by atoms with Crippen LogP contribution in [0.5, 0.6) is 0 Å². The van der Waals surface area contributed by atoms with Gasteiger partial charge < -0.3 is 5.11 Å². The minimum atomic E-state index is -3.55. The van der Waals surface area contributed by atoms with Crippen molar-refractivity contribution >= 4 is 16.0 Å². The summed E-state index contributed by atoms with van der Waals surface area (Å²) in [5, 5.41) is 9.09. The molecule has 0 aromatic heterocycles. The van der Waals surface area contributed by atoms with Crippen molar-refractivity contribution in [2.24, 2.45) is 0 Å². The molecule has 1 N–H and O–H groups in total. The molecule has 1 heterocycles. The lowest BCUT2D eigenvalue weighted by molar-refractivity contribution is -0.140. The van der Waals surface area contributed by atoms with Crippen LogP contribution in [0.2, 0.25) is 0 Å². The van der Waals surface area contributed by atoms with Crippen LogP contribution in [0.15, 0.2) is 30.3 Å². The number of carbonyl (C=O) groups is 1. The quantitative estimate of drug-likeness (QED) is 0.897. The number of sulfonamides is 1. The molecule has 1 saturated heterocycles. The Labute approximate surface area is 119 Å². The number of benzene rings is 1. The van der Waals surface area contributed by atoms with E-state index in [1.807, 2.05) is 37.3 Å². The summed E-state index contributed by atoms with van der Waals surface area (Å²) >= 11 is 0. The highest BCUT2D eigenvalue weighted by Crippen LogP contribution is 2.25. The molecule has 5 nitrogen and oxygen atoms in total. The fraction of sp³-hybridized carbons (Fsp3) is 0.500. The molecule has 0 radical (unpaired) electrons. The molecule has 0 amide bonds. The van der Waals surface area contributed by atoms with Crippen LogP contribution in [-0.4, -0.2) is 42.1 Å². The largest absolute Gasteiger partial charge is 0.480 e. The molecular weight excluding hydrogens is 278 g/mol. The maximum atomic E-state index is 12.4. The summed E-state index contributed by atoms with van der Waals surface area (Å²) in [5.41, 5.74) is 0.946. The molecule has 0 spiro atoms. The van der Waals surface area contributed by atoms with Gasteiger partial charge in [0.25, 0.3) is 0 Å². The summed E-state index contributed by atoms with van der Waals surface area (Å²) in [7, 11) is -3.55. The van der Waals surface area contributed by atoms with E-state index in [1.165, 1.54) is 0 Å². The van der Waals surface area contributed by atoms with E-state index < -0.39 is 22.0 Å². The number of rotatable bonds is 5. The lowest BCUT2D eigenvalue weighted by atomic mass is 10.0. The van der Waals surface area contributed by atoms with Crippen LogP contribution >= 0.6 is 0 Å². The lowest BCUT2D eigenvalue weighted by Crippen LogP contribution is -2.42. The minimum Gasteiger partial charge on any atom is -0.480 e. The average molecular weight is 297 g/mol. The van der Waals surface area contributed by atoms with Crippen molar-refractivity contribution in [1.29, 1.82) is 0 Å². The van der Waals surface area contributed by atoms with Crippen molar-refractivity contribution in [2.45, 2.75) is 31.7 Å². The Morgan fingerprint density at radius 1 is 1.40 bits per heavy atom. The SMILES string of the molecule is CC(CS(=O)(=O)N1CCCC1C(=O)O)c1ccccc1. The standard InChI is InChI=1S/C14H19NO4S/c1-11(12-6-3-2-4-7-12)10-20(18,19)15-9-5-8-13(15)14(16)17/h2-4,6-7,11,13H,5,8-10H2,1H3,(H,16,17). The molecule has 6 heteroatoms. The molecule has 1 aromatic rings. The van der Waals surface area contributed by atoms with Gasteiger partial charge in [-0.1, -0.05) is 37.3 Å². The van der Waals surface area contributed by atoms with Crippen molar-refractivity contribution in [3.05, 3.63) is 35.9 Å². The third-order valence-electron chi connectivity index (χ3n) is 3.68. The van der Waals surface area contributed by atoms with E-state index >= 15 is 0 Å². The Kier molecular flexibility index (Phi) is 4.45. The molecule has 110 valence electrons. The maximum Gasteiger partial charge on any atom is 0.322 e. The average Bonchev–Trinajstić information content (AvgIpc) is 2.89. The van der Waals surface area contributed by atoms with E-state index in [0.29, 0.717) is 19.4 Å². The van der Waals surface area contributed by atoms with Crippen molar-refractivity contribution in [3.8, 4) is 0 Å². The summed E-state index contributed by atoms with van der Waals surface area (Å²) in [6.07, 6.45) is 1.00. The van der Waals surface area contributed by atoms with Crippen molar-refractivity contribution in [3.63, 3.8) is 0 Å². The summed E-state index contributed by atoms with van der Waals surface area (Å²) < 4.78 is 25.9. The van der Waals surface area contributed by atoms with E-state index in [2.05, 4.69) is 0 Å². The fourth-order valence-electron chi connectivity index (χ4n) is 2.61. The smallest absolute Gasteiger partial charge is 0.322 e. The molecule has 20 heavy (non-hydrogen) atoms. The molecule has 1 aliphatic heterocycles. The van der Waals surface area contributed by atoms with Crippen LogP contribution in [0, 0.1) is 0 Å². The van der Waals surface area contributed by atoms with Crippen LogP contribution in [0.25, 0.3) is 0 Å². The van der Waals surface area contributed by atoms with Crippen LogP contribution in [0.3, 0.4) is 0 Å². The summed E-state index contributed by atoms with van der Waals surface area (Å²) in [5.74, 6) is -1.27. The Hall–Kier alpha value is -1.40. The molecule has 1 aromatic carbocycles. The molecular formula is C14H19NO4S. The number of hydrogen-bond acceptors (Lipinski definition) is 3. The zero-order chi connectivity index (χ0) is 14.8. The summed E-state index contributed by atoms with van der Waals surface area (Å²) in [6, 6.07) is 8.49. The van der Waals surface area contributed by atoms with Gasteiger partial charge in [0, 0.05) is 6.54 Å². The van der Waals surface area contributed by atoms with Gasteiger partial charge in [-0.15, -0.1) is 0 Å². The topological polar surface area (TPSA) is 74.7 Å². The first-order chi connectivity index (χ1) is 9.42. The second-order valence-corrected chi connectivity index (χ2v) is 7.16. The van der Waals surface area contributed by atoms with Gasteiger partial charge in [-0.3, -0.25) is 4.79 Å². The van der Waals surface area contributed by atoms with Gasteiger partial charge in [0.15, 0.2) is 0 Å². The van der Waals surface area contributed by atoms with Gasteiger partial charge in [-0.25, -0.2) is 8.42 Å². The molecule has 0 bridgehead atoms. The molecule has 1 fully saturated rings. The Morgan fingerprint density at radius 2 is 2.05 bits per heavy atom. The van der Waals surface area contributed by atoms with E-state index in [0.717, 1.165) is 9.87 Å². The second-order valence-electron chi connectivity index (χ2n) is 5.20. The first-order valence-corrected chi connectivity index (χ1v) is 8.30. The Balaban J connectivity index is 2.13. The van der Waals surface area contributed by atoms with Crippen molar-refractivity contribution in [2.75, 3.05) is 12.3 Å². The van der Waals surface area contributed by atoms with Gasteiger partial charge in [0.1, 0.15) is 6.04 Å². The monoisotopic (exact) mass is 297 g/mol. The zero-order valence-corrected chi connectivity index (χ0v) is 12.2. The van der Waals surface area contributed by atoms with Crippen molar-refractivity contribution in [1.82, 2.24) is 4.31 Å². The second kappa shape index (κ2) is 5.93. The van der Waals surface area contributed by atoms with Gasteiger partial charge in [0.05, 0.1) is 5.75 Å². The lowest BCUT2D eigenvalue weighted by Gasteiger charge is -2.23. The van der Waals surface area contributed by atoms with Gasteiger partial charge >= 0.3 is 5.97 Å². The number of carboxylic acid groups (broad SMARTS) is 1. The van der Waals surface area contributed by atoms with Crippen LogP contribution < -0.4 is 0 Å². The van der Waals surface area contributed by atoms with Crippen LogP contribution in [0.4, 0.5) is 0 Å². The predicted octanol–water partition coefficient (Wildman–Crippen LogP) is 1.67. The van der Waals surface area contributed by atoms with E-state index in [1.54, 1.807) is 0 Å². The van der Waals surface area contributed by atoms with E-state index in [-0.39, 0.29) is 11.7 Å². The molecule has 0 saturated carbocycles. The highest BCUT2D eigenvalue weighted by molar-refractivity contribution is 7.89. The molecule has 0 aliphatic carbocycles. The number of carboxylic acids is 1. The summed E-state index contributed by atoms with van der Waals surface area (Å²) in [4.78, 5) is 11.1. The first kappa shape index (κ1) is 15.0. The molecule has 2 rings (SSSR count). The van der Waals surface area contributed by atoms with Gasteiger partial charge in [-0.05, 0) is 24.3 Å². The number of aliphatic carboxylic acids is 1. The number of nitrogens with zero attached hydrogens (tertiary/aromatic N) is 1. The summed E-state index contributed by atoms with van der Waals surface area (Å²) in [6.45, 7) is 2.15. The van der Waals surface area contributed by atoms with Gasteiger partial charge in [-0.2, -0.15) is 4.31 Å². The normalized spacial score (nSPS) is 21.8. The van der Waals surface area contributed by atoms with Crippen molar-refractivity contribution < 1.29 is 18.3 Å². The Morgan fingerprint density at radius 3 is 2.65 bits per heavy atom. The first-order valence-electron chi connectivity index (χ1n) is 6.69. The van der Waals surface area contributed by atoms with Crippen LogP contribution in [0.1, 0.15) is 31.2 Å².